The topological polar surface area (TPSA) is 47.3 Å². The second-order valence-corrected chi connectivity index (χ2v) is 6.66. The van der Waals surface area contributed by atoms with Crippen LogP contribution in [0.25, 0.3) is 0 Å². The third kappa shape index (κ3) is 1.52. The molecule has 20 heavy (non-hydrogen) atoms. The van der Waals surface area contributed by atoms with Gasteiger partial charge in [0.25, 0.3) is 0 Å². The molecule has 1 aliphatic heterocycles. The Morgan fingerprint density at radius 3 is 2.80 bits per heavy atom. The van der Waals surface area contributed by atoms with Crippen LogP contribution in [0, 0.1) is 11.3 Å². The maximum Gasteiger partial charge on any atom is 0.113 e. The summed E-state index contributed by atoms with van der Waals surface area (Å²) in [5.41, 5.74) is 0.736. The van der Waals surface area contributed by atoms with Crippen LogP contribution in [0.4, 0.5) is 0 Å². The van der Waals surface area contributed by atoms with Crippen molar-refractivity contribution < 1.29 is 5.11 Å². The first kappa shape index (κ1) is 12.4. The molecule has 0 spiro atoms. The zero-order valence-electron chi connectivity index (χ0n) is 11.7. The highest BCUT2D eigenvalue weighted by atomic mass is 16.3. The molecule has 1 saturated carbocycles. The Bertz CT molecular complexity index is 589. The Balaban J connectivity index is 1.74. The third-order valence-electron chi connectivity index (χ3n) is 5.57. The van der Waals surface area contributed by atoms with Crippen LogP contribution in [0.1, 0.15) is 36.8 Å². The molecule has 3 heteroatoms. The fourth-order valence-electron chi connectivity index (χ4n) is 4.24. The molecule has 3 nitrogen and oxygen atoms in total. The van der Waals surface area contributed by atoms with Gasteiger partial charge in [-0.05, 0) is 43.2 Å². The molecule has 1 aromatic carbocycles. The average Bonchev–Trinajstić information content (AvgIpc) is 3.13. The minimum Gasteiger partial charge on any atom is -0.386 e. The fourth-order valence-corrected chi connectivity index (χ4v) is 4.24. The summed E-state index contributed by atoms with van der Waals surface area (Å²) in [6, 6.07) is 11.4. The predicted octanol–water partition coefficient (Wildman–Crippen LogP) is 1.99. The Kier molecular flexibility index (Phi) is 2.52. The zero-order chi connectivity index (χ0) is 13.8. The van der Waals surface area contributed by atoms with Gasteiger partial charge in [0.1, 0.15) is 11.0 Å². The first-order chi connectivity index (χ1) is 9.68. The normalized spacial score (nSPS) is 36.8. The van der Waals surface area contributed by atoms with Gasteiger partial charge in [-0.1, -0.05) is 24.3 Å². The Labute approximate surface area is 119 Å². The minimum atomic E-state index is -0.878. The maximum atomic E-state index is 11.3. The summed E-state index contributed by atoms with van der Waals surface area (Å²) in [6.07, 6.45) is 4.91. The van der Waals surface area contributed by atoms with Gasteiger partial charge in [-0.25, -0.2) is 0 Å². The number of nitrogens with zero attached hydrogens (tertiary/aromatic N) is 2. The Morgan fingerprint density at radius 1 is 1.25 bits per heavy atom. The molecule has 0 aromatic heterocycles. The fraction of sp³-hybridized carbons (Fsp3) is 0.588. The summed E-state index contributed by atoms with van der Waals surface area (Å²) in [4.78, 5) is 2.39. The monoisotopic (exact) mass is 268 g/mol. The van der Waals surface area contributed by atoms with E-state index in [1.807, 2.05) is 18.2 Å². The highest BCUT2D eigenvalue weighted by Crippen LogP contribution is 2.50. The number of likely N-dealkylation sites (tertiary alicyclic amines) is 1. The molecular weight excluding hydrogens is 248 g/mol. The summed E-state index contributed by atoms with van der Waals surface area (Å²) in [5.74, 6) is 0. The molecule has 0 amide bonds. The van der Waals surface area contributed by atoms with Crippen molar-refractivity contribution in [1.82, 2.24) is 4.90 Å². The van der Waals surface area contributed by atoms with Gasteiger partial charge in [-0.15, -0.1) is 0 Å². The largest absolute Gasteiger partial charge is 0.386 e. The number of benzene rings is 1. The van der Waals surface area contributed by atoms with Gasteiger partial charge in [0.2, 0.25) is 0 Å². The van der Waals surface area contributed by atoms with Gasteiger partial charge in [0.15, 0.2) is 0 Å². The maximum absolute atomic E-state index is 11.3. The summed E-state index contributed by atoms with van der Waals surface area (Å²) in [6.45, 7) is 1.60. The van der Waals surface area contributed by atoms with E-state index in [4.69, 9.17) is 0 Å². The van der Waals surface area contributed by atoms with E-state index in [9.17, 15) is 10.4 Å². The van der Waals surface area contributed by atoms with Gasteiger partial charge in [0, 0.05) is 19.1 Å². The van der Waals surface area contributed by atoms with Crippen molar-refractivity contribution in [2.24, 2.45) is 0 Å². The number of nitriles is 1. The molecule has 0 radical (unpaired) electrons. The Morgan fingerprint density at radius 2 is 2.05 bits per heavy atom. The van der Waals surface area contributed by atoms with Crippen LogP contribution in [-0.2, 0) is 11.8 Å². The molecule has 2 fully saturated rings. The number of hydrogen-bond acceptors (Lipinski definition) is 3. The number of aryl methyl sites for hydroxylation is 1. The number of aliphatic hydroxyl groups is 1. The van der Waals surface area contributed by atoms with Crippen LogP contribution in [-0.4, -0.2) is 34.7 Å². The molecule has 0 bridgehead atoms. The van der Waals surface area contributed by atoms with Gasteiger partial charge in [-0.3, -0.25) is 4.90 Å². The quantitative estimate of drug-likeness (QED) is 0.892. The van der Waals surface area contributed by atoms with Crippen LogP contribution in [0.15, 0.2) is 24.3 Å². The van der Waals surface area contributed by atoms with Gasteiger partial charge < -0.3 is 5.11 Å². The van der Waals surface area contributed by atoms with Crippen molar-refractivity contribution in [2.75, 3.05) is 13.1 Å². The molecule has 2 unspecified atom stereocenters. The minimum absolute atomic E-state index is 0.663. The molecule has 2 aliphatic carbocycles. The van der Waals surface area contributed by atoms with E-state index < -0.39 is 11.0 Å². The summed E-state index contributed by atoms with van der Waals surface area (Å²) in [5, 5.41) is 21.2. The molecule has 1 N–H and O–H groups in total. The lowest BCUT2D eigenvalue weighted by Crippen LogP contribution is -2.51. The van der Waals surface area contributed by atoms with Crippen LogP contribution in [0.3, 0.4) is 0 Å². The van der Waals surface area contributed by atoms with E-state index in [0.29, 0.717) is 12.6 Å². The summed E-state index contributed by atoms with van der Waals surface area (Å²) >= 11 is 0. The van der Waals surface area contributed by atoms with Crippen molar-refractivity contribution in [3.8, 4) is 6.07 Å². The van der Waals surface area contributed by atoms with Crippen molar-refractivity contribution in [1.29, 1.82) is 5.26 Å². The number of hydrogen-bond donors (Lipinski definition) is 1. The highest BCUT2D eigenvalue weighted by Gasteiger charge is 2.58. The molecule has 2 atom stereocenters. The van der Waals surface area contributed by atoms with E-state index in [-0.39, 0.29) is 0 Å². The van der Waals surface area contributed by atoms with E-state index >= 15 is 0 Å². The molecule has 1 aromatic rings. The lowest BCUT2D eigenvalue weighted by molar-refractivity contribution is -0.00794. The molecular formula is C17H20N2O. The van der Waals surface area contributed by atoms with E-state index in [1.54, 1.807) is 0 Å². The van der Waals surface area contributed by atoms with Gasteiger partial charge in [-0.2, -0.15) is 5.26 Å². The smallest absolute Gasteiger partial charge is 0.113 e. The summed E-state index contributed by atoms with van der Waals surface area (Å²) < 4.78 is 0. The summed E-state index contributed by atoms with van der Waals surface area (Å²) in [7, 11) is 0. The molecule has 4 rings (SSSR count). The second-order valence-electron chi connectivity index (χ2n) is 6.66. The van der Waals surface area contributed by atoms with Crippen molar-refractivity contribution >= 4 is 0 Å². The Hall–Kier alpha value is -1.37. The SMILES string of the molecule is N#CC1(C2(O)CCN(C3CC3)C2)CCc2ccccc21. The van der Waals surface area contributed by atoms with E-state index in [0.717, 1.165) is 31.4 Å². The predicted molar refractivity (Wildman–Crippen MR) is 76.2 cm³/mol. The molecule has 3 aliphatic rings. The lowest BCUT2D eigenvalue weighted by atomic mass is 9.68. The molecule has 1 saturated heterocycles. The van der Waals surface area contributed by atoms with Crippen LogP contribution in [0.2, 0.25) is 0 Å². The van der Waals surface area contributed by atoms with Crippen LogP contribution in [0.5, 0.6) is 0 Å². The van der Waals surface area contributed by atoms with Gasteiger partial charge in [0.05, 0.1) is 6.07 Å². The van der Waals surface area contributed by atoms with Crippen molar-refractivity contribution in [2.45, 2.75) is 49.2 Å². The third-order valence-corrected chi connectivity index (χ3v) is 5.57. The standard InChI is InChI=1S/C17H20N2O/c18-11-16(8-7-13-3-1-2-4-15(13)16)17(20)9-10-19(12-17)14-5-6-14/h1-4,14,20H,5-10,12H2. The van der Waals surface area contributed by atoms with Crippen molar-refractivity contribution in [3.63, 3.8) is 0 Å². The zero-order valence-corrected chi connectivity index (χ0v) is 11.7. The van der Waals surface area contributed by atoms with Crippen LogP contribution >= 0.6 is 0 Å². The van der Waals surface area contributed by atoms with Crippen LogP contribution < -0.4 is 0 Å². The highest BCUT2D eigenvalue weighted by molar-refractivity contribution is 5.48. The average molecular weight is 268 g/mol. The number of β-amino-alcohol motifs (C(OH)–C–C–N with tert-alkyl or cyclic N) is 1. The molecule has 104 valence electrons. The van der Waals surface area contributed by atoms with Crippen molar-refractivity contribution in [3.05, 3.63) is 35.4 Å². The van der Waals surface area contributed by atoms with E-state index in [1.165, 1.54) is 18.4 Å². The number of rotatable bonds is 2. The van der Waals surface area contributed by atoms with E-state index in [2.05, 4.69) is 17.0 Å². The second kappa shape index (κ2) is 4.07. The lowest BCUT2D eigenvalue weighted by Gasteiger charge is -2.38. The first-order valence-corrected chi connectivity index (χ1v) is 7.65. The number of fused-ring (bicyclic) bond motifs is 1. The van der Waals surface area contributed by atoms with Gasteiger partial charge >= 0.3 is 0 Å². The first-order valence-electron chi connectivity index (χ1n) is 7.65. The molecule has 1 heterocycles.